The summed E-state index contributed by atoms with van der Waals surface area (Å²) in [6.45, 7) is 7.71. The highest BCUT2D eigenvalue weighted by Crippen LogP contribution is 2.30. The van der Waals surface area contributed by atoms with E-state index in [9.17, 15) is 4.79 Å². The minimum atomic E-state index is -0.281. The number of aromatic amines is 1. The molecule has 0 atom stereocenters. The van der Waals surface area contributed by atoms with E-state index in [4.69, 9.17) is 4.98 Å². The fraction of sp³-hybridized carbons (Fsp3) is 0.192. The van der Waals surface area contributed by atoms with Gasteiger partial charge in [0.05, 0.1) is 16.8 Å². The van der Waals surface area contributed by atoms with Crippen LogP contribution in [-0.4, -0.2) is 59.0 Å². The first-order valence-electron chi connectivity index (χ1n) is 11.5. The molecular weight excluding hydrogens is 440 g/mol. The molecular formula is C26H28N8O. The van der Waals surface area contributed by atoms with E-state index in [2.05, 4.69) is 61.5 Å². The largest absolute Gasteiger partial charge is 0.369 e. The van der Waals surface area contributed by atoms with Gasteiger partial charge in [-0.15, -0.1) is 0 Å². The number of fused-ring (bicyclic) bond motifs is 1. The van der Waals surface area contributed by atoms with E-state index in [1.54, 1.807) is 0 Å². The number of carbonyl (C=O) groups excluding carboxylic acids is 1. The molecule has 3 heterocycles. The number of nitrogens with one attached hydrogen (secondary N) is 4. The molecule has 0 saturated carbocycles. The maximum Gasteiger partial charge on any atom is 0.247 e. The number of carbonyl (C=O) groups is 1. The molecule has 0 aliphatic carbocycles. The zero-order chi connectivity index (χ0) is 24.2. The normalized spacial score (nSPS) is 14.0. The first kappa shape index (κ1) is 22.4. The van der Waals surface area contributed by atoms with Gasteiger partial charge >= 0.3 is 0 Å². The number of nitrogens with zero attached hydrogens (tertiary/aromatic N) is 4. The summed E-state index contributed by atoms with van der Waals surface area (Å²) in [5.41, 5.74) is 4.16. The van der Waals surface area contributed by atoms with E-state index in [0.29, 0.717) is 28.8 Å². The Hall–Kier alpha value is -4.37. The quantitative estimate of drug-likeness (QED) is 0.300. The van der Waals surface area contributed by atoms with Crippen LogP contribution in [0, 0.1) is 0 Å². The number of hydrogen-bond donors (Lipinski definition) is 4. The van der Waals surface area contributed by atoms with Gasteiger partial charge in [-0.3, -0.25) is 4.79 Å². The Morgan fingerprint density at radius 2 is 1.71 bits per heavy atom. The summed E-state index contributed by atoms with van der Waals surface area (Å²) in [6.07, 6.45) is 3.06. The first-order valence-corrected chi connectivity index (χ1v) is 11.5. The molecule has 0 unspecified atom stereocenters. The van der Waals surface area contributed by atoms with Crippen molar-refractivity contribution in [2.45, 2.75) is 0 Å². The van der Waals surface area contributed by atoms with Gasteiger partial charge in [-0.2, -0.15) is 9.97 Å². The molecule has 0 spiro atoms. The number of hydrogen-bond acceptors (Lipinski definition) is 7. The van der Waals surface area contributed by atoms with E-state index in [0.717, 1.165) is 37.3 Å². The third-order valence-corrected chi connectivity index (χ3v) is 6.03. The number of piperazine rings is 1. The SMILES string of the molecule is C=CC(=O)Nc1ccccc1Nc1nc(Nc2ccc(N3CCN(C)CC3)cc2)nc2[nH]ccc12. The van der Waals surface area contributed by atoms with Crippen LogP contribution in [0.3, 0.4) is 0 Å². The Kier molecular flexibility index (Phi) is 6.32. The van der Waals surface area contributed by atoms with Gasteiger partial charge in [0.15, 0.2) is 0 Å². The lowest BCUT2D eigenvalue weighted by Gasteiger charge is -2.34. The molecule has 2 aromatic carbocycles. The molecule has 4 aromatic rings. The number of para-hydroxylation sites is 2. The molecule has 9 nitrogen and oxygen atoms in total. The molecule has 1 saturated heterocycles. The van der Waals surface area contributed by atoms with E-state index >= 15 is 0 Å². The van der Waals surface area contributed by atoms with Gasteiger partial charge in [-0.1, -0.05) is 18.7 Å². The van der Waals surface area contributed by atoms with Crippen molar-refractivity contribution in [1.29, 1.82) is 0 Å². The van der Waals surface area contributed by atoms with E-state index in [-0.39, 0.29) is 5.91 Å². The number of rotatable bonds is 7. The fourth-order valence-electron chi connectivity index (χ4n) is 4.05. The highest BCUT2D eigenvalue weighted by atomic mass is 16.1. The Morgan fingerprint density at radius 1 is 0.971 bits per heavy atom. The van der Waals surface area contributed by atoms with E-state index < -0.39 is 0 Å². The minimum absolute atomic E-state index is 0.281. The third kappa shape index (κ3) is 5.10. The number of likely N-dealkylation sites (N-methyl/N-ethyl adjacent to an activating group) is 1. The van der Waals surface area contributed by atoms with Gasteiger partial charge in [0.2, 0.25) is 11.9 Å². The van der Waals surface area contributed by atoms with Crippen LogP contribution in [0.1, 0.15) is 0 Å². The summed E-state index contributed by atoms with van der Waals surface area (Å²) in [4.78, 5) is 29.1. The molecule has 1 fully saturated rings. The molecule has 178 valence electrons. The zero-order valence-electron chi connectivity index (χ0n) is 19.6. The van der Waals surface area contributed by atoms with Gasteiger partial charge in [0.25, 0.3) is 0 Å². The fourth-order valence-corrected chi connectivity index (χ4v) is 4.05. The Morgan fingerprint density at radius 3 is 2.46 bits per heavy atom. The predicted molar refractivity (Wildman–Crippen MR) is 142 cm³/mol. The van der Waals surface area contributed by atoms with Crippen LogP contribution in [0.25, 0.3) is 11.0 Å². The van der Waals surface area contributed by atoms with Crippen molar-refractivity contribution in [2.24, 2.45) is 0 Å². The van der Waals surface area contributed by atoms with Gasteiger partial charge in [0, 0.05) is 43.8 Å². The third-order valence-electron chi connectivity index (χ3n) is 6.03. The van der Waals surface area contributed by atoms with Gasteiger partial charge < -0.3 is 30.7 Å². The summed E-state index contributed by atoms with van der Waals surface area (Å²) in [6, 6.07) is 17.7. The highest BCUT2D eigenvalue weighted by molar-refractivity contribution is 6.02. The van der Waals surface area contributed by atoms with E-state index in [1.807, 2.05) is 48.7 Å². The van der Waals surface area contributed by atoms with Crippen LogP contribution < -0.4 is 20.9 Å². The molecule has 5 rings (SSSR count). The highest BCUT2D eigenvalue weighted by Gasteiger charge is 2.15. The van der Waals surface area contributed by atoms with Crippen molar-refractivity contribution in [2.75, 3.05) is 54.1 Å². The molecule has 1 aliphatic rings. The number of anilines is 6. The van der Waals surface area contributed by atoms with Crippen LogP contribution in [0.2, 0.25) is 0 Å². The molecule has 35 heavy (non-hydrogen) atoms. The molecule has 2 aromatic heterocycles. The van der Waals surface area contributed by atoms with Gasteiger partial charge in [0.1, 0.15) is 11.5 Å². The van der Waals surface area contributed by atoms with Crippen molar-refractivity contribution in [1.82, 2.24) is 19.9 Å². The molecule has 9 heteroatoms. The van der Waals surface area contributed by atoms with Gasteiger partial charge in [-0.25, -0.2) is 0 Å². The average molecular weight is 469 g/mol. The van der Waals surface area contributed by atoms with Crippen molar-refractivity contribution in [3.63, 3.8) is 0 Å². The van der Waals surface area contributed by atoms with Crippen LogP contribution in [-0.2, 0) is 4.79 Å². The average Bonchev–Trinajstić information content (AvgIpc) is 3.35. The Balaban J connectivity index is 1.37. The van der Waals surface area contributed by atoms with Crippen LogP contribution >= 0.6 is 0 Å². The summed E-state index contributed by atoms with van der Waals surface area (Å²) in [5, 5.41) is 10.3. The maximum atomic E-state index is 11.9. The van der Waals surface area contributed by atoms with Crippen LogP contribution in [0.15, 0.2) is 73.4 Å². The molecule has 1 aliphatic heterocycles. The second-order valence-corrected chi connectivity index (χ2v) is 8.46. The lowest BCUT2D eigenvalue weighted by atomic mass is 10.2. The first-order chi connectivity index (χ1) is 17.1. The summed E-state index contributed by atoms with van der Waals surface area (Å²) in [7, 11) is 2.16. The lowest BCUT2D eigenvalue weighted by molar-refractivity contribution is -0.111. The summed E-state index contributed by atoms with van der Waals surface area (Å²) in [5.74, 6) is 0.798. The molecule has 0 bridgehead atoms. The Labute approximate surface area is 203 Å². The lowest BCUT2D eigenvalue weighted by Crippen LogP contribution is -2.44. The smallest absolute Gasteiger partial charge is 0.247 e. The van der Waals surface area contributed by atoms with Crippen molar-refractivity contribution < 1.29 is 4.79 Å². The second-order valence-electron chi connectivity index (χ2n) is 8.46. The zero-order valence-corrected chi connectivity index (χ0v) is 19.6. The van der Waals surface area contributed by atoms with Crippen molar-refractivity contribution in [3.8, 4) is 0 Å². The molecule has 4 N–H and O–H groups in total. The standard InChI is InChI=1S/C26H28N8O/c1-3-23(35)29-21-6-4-5-7-22(21)30-25-20-12-13-27-24(20)31-26(32-25)28-18-8-10-19(11-9-18)34-16-14-33(2)15-17-34/h3-13H,1,14-17H2,2H3,(H,29,35)(H3,27,28,30,31,32). The number of aromatic nitrogens is 3. The molecule has 0 radical (unpaired) electrons. The maximum absolute atomic E-state index is 11.9. The predicted octanol–water partition coefficient (Wildman–Crippen LogP) is 4.32. The van der Waals surface area contributed by atoms with Crippen LogP contribution in [0.4, 0.5) is 34.5 Å². The number of H-pyrrole nitrogens is 1. The van der Waals surface area contributed by atoms with Crippen LogP contribution in [0.5, 0.6) is 0 Å². The minimum Gasteiger partial charge on any atom is -0.369 e. The number of amides is 1. The molecule has 1 amide bonds. The topological polar surface area (TPSA) is 101 Å². The van der Waals surface area contributed by atoms with Gasteiger partial charge in [-0.05, 0) is 55.6 Å². The summed E-state index contributed by atoms with van der Waals surface area (Å²) < 4.78 is 0. The summed E-state index contributed by atoms with van der Waals surface area (Å²) >= 11 is 0. The van der Waals surface area contributed by atoms with Crippen molar-refractivity contribution >= 4 is 51.5 Å². The Bertz CT molecular complexity index is 1340. The monoisotopic (exact) mass is 468 g/mol. The van der Waals surface area contributed by atoms with E-state index in [1.165, 1.54) is 11.8 Å². The number of benzene rings is 2. The second kappa shape index (κ2) is 9.86. The van der Waals surface area contributed by atoms with Crippen molar-refractivity contribution in [3.05, 3.63) is 73.4 Å².